The van der Waals surface area contributed by atoms with Crippen LogP contribution in [-0.4, -0.2) is 54.9 Å². The van der Waals surface area contributed by atoms with Crippen LogP contribution in [0, 0.1) is 0 Å². The number of hydrogen-bond donors (Lipinski definition) is 3. The average molecular weight is 215 g/mol. The van der Waals surface area contributed by atoms with E-state index >= 15 is 0 Å². The summed E-state index contributed by atoms with van der Waals surface area (Å²) in [6, 6.07) is 0. The maximum atomic E-state index is 11.1. The van der Waals surface area contributed by atoms with E-state index in [9.17, 15) is 9.59 Å². The molecule has 82 valence electrons. The molecule has 0 saturated carbocycles. The molecule has 1 heterocycles. The number of hydrogen-bond acceptors (Lipinski definition) is 6. The third kappa shape index (κ3) is 3.68. The van der Waals surface area contributed by atoms with Gasteiger partial charge in [-0.2, -0.15) is 0 Å². The Morgan fingerprint density at radius 3 is 2.80 bits per heavy atom. The van der Waals surface area contributed by atoms with Crippen LogP contribution in [0.3, 0.4) is 0 Å². The molecule has 0 aliphatic heterocycles. The fourth-order valence-electron chi connectivity index (χ4n) is 0.754. The standard InChI is InChI=1S/C6H9N5O4/c12-4(6(14)15)1-7-5(13)2-11-3-8-9-10-11/h3-4,12H,1-2H2,(H,7,13)(H,14,15)/t4-/m0/s1. The van der Waals surface area contributed by atoms with E-state index in [1.807, 2.05) is 0 Å². The number of tetrazole rings is 1. The van der Waals surface area contributed by atoms with Crippen LogP contribution in [0.2, 0.25) is 0 Å². The van der Waals surface area contributed by atoms with Crippen molar-refractivity contribution in [2.75, 3.05) is 6.54 Å². The smallest absolute Gasteiger partial charge is 0.334 e. The largest absolute Gasteiger partial charge is 0.479 e. The Labute approximate surface area is 83.7 Å². The number of aliphatic carboxylic acids is 1. The fraction of sp³-hybridized carbons (Fsp3) is 0.500. The molecule has 15 heavy (non-hydrogen) atoms. The van der Waals surface area contributed by atoms with Crippen molar-refractivity contribution in [3.8, 4) is 0 Å². The number of aromatic nitrogens is 4. The van der Waals surface area contributed by atoms with Crippen molar-refractivity contribution in [3.63, 3.8) is 0 Å². The quantitative estimate of drug-likeness (QED) is 0.484. The molecule has 1 aromatic heterocycles. The monoisotopic (exact) mass is 215 g/mol. The maximum Gasteiger partial charge on any atom is 0.334 e. The molecule has 0 fully saturated rings. The van der Waals surface area contributed by atoms with E-state index in [0.717, 1.165) is 0 Å². The molecule has 0 aliphatic carbocycles. The van der Waals surface area contributed by atoms with Crippen molar-refractivity contribution < 1.29 is 19.8 Å². The molecular weight excluding hydrogens is 206 g/mol. The summed E-state index contributed by atoms with van der Waals surface area (Å²) in [4.78, 5) is 21.3. The van der Waals surface area contributed by atoms with Gasteiger partial charge in [0.15, 0.2) is 6.10 Å². The van der Waals surface area contributed by atoms with Crippen LogP contribution in [-0.2, 0) is 16.1 Å². The van der Waals surface area contributed by atoms with Gasteiger partial charge in [0.2, 0.25) is 5.91 Å². The zero-order valence-corrected chi connectivity index (χ0v) is 7.57. The molecule has 0 bridgehead atoms. The van der Waals surface area contributed by atoms with Gasteiger partial charge in [-0.05, 0) is 10.4 Å². The molecule has 1 rings (SSSR count). The summed E-state index contributed by atoms with van der Waals surface area (Å²) in [5.41, 5.74) is 0. The van der Waals surface area contributed by atoms with Gasteiger partial charge >= 0.3 is 5.97 Å². The molecule has 0 radical (unpaired) electrons. The molecule has 3 N–H and O–H groups in total. The minimum Gasteiger partial charge on any atom is -0.479 e. The highest BCUT2D eigenvalue weighted by molar-refractivity contribution is 5.77. The lowest BCUT2D eigenvalue weighted by atomic mass is 10.3. The summed E-state index contributed by atoms with van der Waals surface area (Å²) >= 11 is 0. The van der Waals surface area contributed by atoms with Crippen LogP contribution in [0.1, 0.15) is 0 Å². The number of aliphatic hydroxyl groups excluding tert-OH is 1. The number of carbonyl (C=O) groups excluding carboxylic acids is 1. The highest BCUT2D eigenvalue weighted by Gasteiger charge is 2.14. The van der Waals surface area contributed by atoms with Crippen LogP contribution in [0.25, 0.3) is 0 Å². The number of aliphatic hydroxyl groups is 1. The Hall–Kier alpha value is -2.03. The number of carboxylic acids is 1. The predicted molar refractivity (Wildman–Crippen MR) is 44.5 cm³/mol. The lowest BCUT2D eigenvalue weighted by molar-refractivity contribution is -0.146. The third-order valence-electron chi connectivity index (χ3n) is 1.47. The van der Waals surface area contributed by atoms with E-state index in [-0.39, 0.29) is 13.1 Å². The topological polar surface area (TPSA) is 130 Å². The first kappa shape index (κ1) is 11.0. The number of nitrogens with one attached hydrogen (secondary N) is 1. The number of carboxylic acid groups (broad SMARTS) is 1. The van der Waals surface area contributed by atoms with Crippen molar-refractivity contribution in [1.82, 2.24) is 25.5 Å². The van der Waals surface area contributed by atoms with Gasteiger partial charge < -0.3 is 15.5 Å². The van der Waals surface area contributed by atoms with Crippen LogP contribution in [0.4, 0.5) is 0 Å². The summed E-state index contributed by atoms with van der Waals surface area (Å²) in [6.45, 7) is -0.477. The molecule has 1 amide bonds. The van der Waals surface area contributed by atoms with E-state index in [0.29, 0.717) is 0 Å². The van der Waals surface area contributed by atoms with Gasteiger partial charge in [0.05, 0.1) is 6.54 Å². The molecule has 0 saturated heterocycles. The summed E-state index contributed by atoms with van der Waals surface area (Å²) in [5.74, 6) is -1.87. The number of carbonyl (C=O) groups is 2. The lowest BCUT2D eigenvalue weighted by Gasteiger charge is -2.06. The van der Waals surface area contributed by atoms with Gasteiger partial charge in [0, 0.05) is 0 Å². The van der Waals surface area contributed by atoms with Crippen molar-refractivity contribution in [1.29, 1.82) is 0 Å². The number of amides is 1. The van der Waals surface area contributed by atoms with Crippen molar-refractivity contribution in [3.05, 3.63) is 6.33 Å². The predicted octanol–water partition coefficient (Wildman–Crippen LogP) is -2.77. The Morgan fingerprint density at radius 1 is 1.53 bits per heavy atom. The fourth-order valence-corrected chi connectivity index (χ4v) is 0.754. The Kier molecular flexibility index (Phi) is 3.68. The average Bonchev–Trinajstić information content (AvgIpc) is 2.66. The highest BCUT2D eigenvalue weighted by atomic mass is 16.4. The molecule has 1 aromatic rings. The molecule has 9 heteroatoms. The molecule has 0 unspecified atom stereocenters. The Balaban J connectivity index is 2.28. The van der Waals surface area contributed by atoms with E-state index in [4.69, 9.17) is 10.2 Å². The Bertz CT molecular complexity index is 337. The van der Waals surface area contributed by atoms with E-state index in [1.54, 1.807) is 0 Å². The second-order valence-corrected chi connectivity index (χ2v) is 2.67. The molecule has 0 aromatic carbocycles. The molecule has 9 nitrogen and oxygen atoms in total. The van der Waals surface area contributed by atoms with E-state index in [2.05, 4.69) is 20.8 Å². The second-order valence-electron chi connectivity index (χ2n) is 2.67. The Morgan fingerprint density at radius 2 is 2.27 bits per heavy atom. The van der Waals surface area contributed by atoms with Crippen LogP contribution < -0.4 is 5.32 Å². The van der Waals surface area contributed by atoms with Gasteiger partial charge in [0.1, 0.15) is 12.9 Å². The van der Waals surface area contributed by atoms with E-state index < -0.39 is 18.0 Å². The first-order chi connectivity index (χ1) is 7.09. The molecule has 0 aliphatic rings. The minimum atomic E-state index is -1.61. The second kappa shape index (κ2) is 5.00. The third-order valence-corrected chi connectivity index (χ3v) is 1.47. The SMILES string of the molecule is O=C(Cn1cnnn1)NC[C@H](O)C(=O)O. The van der Waals surface area contributed by atoms with Gasteiger partial charge in [-0.3, -0.25) is 4.79 Å². The van der Waals surface area contributed by atoms with Crippen LogP contribution in [0.15, 0.2) is 6.33 Å². The molecule has 0 spiro atoms. The highest BCUT2D eigenvalue weighted by Crippen LogP contribution is 1.82. The summed E-state index contributed by atoms with van der Waals surface area (Å²) in [7, 11) is 0. The lowest BCUT2D eigenvalue weighted by Crippen LogP contribution is -2.38. The van der Waals surface area contributed by atoms with Crippen LogP contribution >= 0.6 is 0 Å². The zero-order valence-electron chi connectivity index (χ0n) is 7.57. The van der Waals surface area contributed by atoms with Gasteiger partial charge in [-0.25, -0.2) is 9.48 Å². The van der Waals surface area contributed by atoms with Crippen molar-refractivity contribution >= 4 is 11.9 Å². The molecular formula is C6H9N5O4. The normalized spacial score (nSPS) is 12.1. The van der Waals surface area contributed by atoms with Gasteiger partial charge in [-0.15, -0.1) is 5.10 Å². The first-order valence-electron chi connectivity index (χ1n) is 3.98. The summed E-state index contributed by atoms with van der Waals surface area (Å²) in [5, 5.41) is 29.4. The van der Waals surface area contributed by atoms with E-state index in [1.165, 1.54) is 11.0 Å². The summed E-state index contributed by atoms with van der Waals surface area (Å²) in [6.07, 6.45) is -0.365. The number of rotatable bonds is 5. The van der Waals surface area contributed by atoms with Gasteiger partial charge in [0.25, 0.3) is 0 Å². The number of nitrogens with zero attached hydrogens (tertiary/aromatic N) is 4. The first-order valence-corrected chi connectivity index (χ1v) is 3.98. The maximum absolute atomic E-state index is 11.1. The zero-order chi connectivity index (χ0) is 11.3. The van der Waals surface area contributed by atoms with Gasteiger partial charge in [-0.1, -0.05) is 0 Å². The van der Waals surface area contributed by atoms with Crippen LogP contribution in [0.5, 0.6) is 0 Å². The molecule has 1 atom stereocenters. The van der Waals surface area contributed by atoms with Crippen molar-refractivity contribution in [2.45, 2.75) is 12.6 Å². The summed E-state index contributed by atoms with van der Waals surface area (Å²) < 4.78 is 1.17. The minimum absolute atomic E-state index is 0.126. The van der Waals surface area contributed by atoms with Crippen molar-refractivity contribution in [2.24, 2.45) is 0 Å².